The van der Waals surface area contributed by atoms with E-state index in [1.54, 1.807) is 6.07 Å². The zero-order valence-corrected chi connectivity index (χ0v) is 13.8. The molecule has 1 amide bonds. The number of hydrogen-bond acceptors (Lipinski definition) is 2. The zero-order chi connectivity index (χ0) is 15.2. The average molecular weight is 329 g/mol. The van der Waals surface area contributed by atoms with E-state index in [0.717, 1.165) is 37.9 Å². The molecule has 0 aromatic heterocycles. The molecule has 3 nitrogen and oxygen atoms in total. The number of carbonyl (C=O) groups excluding carboxylic acids is 1. The van der Waals surface area contributed by atoms with Crippen LogP contribution in [0.4, 0.5) is 0 Å². The molecule has 2 atom stereocenters. The van der Waals surface area contributed by atoms with Crippen LogP contribution < -0.4 is 10.6 Å². The third kappa shape index (κ3) is 5.17. The van der Waals surface area contributed by atoms with Crippen molar-refractivity contribution in [3.05, 3.63) is 33.8 Å². The molecule has 0 saturated carbocycles. The summed E-state index contributed by atoms with van der Waals surface area (Å²) in [6.45, 7) is 4.14. The van der Waals surface area contributed by atoms with Crippen LogP contribution in [0.2, 0.25) is 10.0 Å². The molecule has 0 radical (unpaired) electrons. The van der Waals surface area contributed by atoms with Crippen molar-refractivity contribution in [3.63, 3.8) is 0 Å². The lowest BCUT2D eigenvalue weighted by Gasteiger charge is -2.30. The lowest BCUT2D eigenvalue weighted by atomic mass is 9.95. The molecule has 0 aliphatic carbocycles. The first kappa shape index (κ1) is 16.6. The molecule has 5 heteroatoms. The Morgan fingerprint density at radius 3 is 2.90 bits per heavy atom. The molecular formula is C16H22Cl2N2O. The van der Waals surface area contributed by atoms with Crippen LogP contribution in [0.1, 0.15) is 31.7 Å². The van der Waals surface area contributed by atoms with E-state index < -0.39 is 0 Å². The summed E-state index contributed by atoms with van der Waals surface area (Å²) in [7, 11) is 0. The quantitative estimate of drug-likeness (QED) is 0.869. The minimum atomic E-state index is 0.147. The molecule has 2 unspecified atom stereocenters. The molecule has 21 heavy (non-hydrogen) atoms. The molecule has 1 fully saturated rings. The van der Waals surface area contributed by atoms with Crippen molar-refractivity contribution in [2.24, 2.45) is 5.92 Å². The van der Waals surface area contributed by atoms with Crippen molar-refractivity contribution in [1.29, 1.82) is 0 Å². The third-order valence-corrected chi connectivity index (χ3v) is 4.72. The Morgan fingerprint density at radius 1 is 1.38 bits per heavy atom. The Labute approximate surface area is 136 Å². The monoisotopic (exact) mass is 328 g/mol. The van der Waals surface area contributed by atoms with E-state index in [1.807, 2.05) is 12.1 Å². The van der Waals surface area contributed by atoms with Crippen molar-refractivity contribution in [2.75, 3.05) is 13.1 Å². The highest BCUT2D eigenvalue weighted by Gasteiger charge is 2.22. The number of carbonyl (C=O) groups is 1. The summed E-state index contributed by atoms with van der Waals surface area (Å²) in [5, 5.41) is 7.63. The summed E-state index contributed by atoms with van der Waals surface area (Å²) < 4.78 is 0. The van der Waals surface area contributed by atoms with E-state index in [4.69, 9.17) is 23.2 Å². The van der Waals surface area contributed by atoms with Gasteiger partial charge in [-0.05, 0) is 56.0 Å². The minimum Gasteiger partial charge on any atom is -0.353 e. The van der Waals surface area contributed by atoms with Gasteiger partial charge in [-0.25, -0.2) is 0 Å². The molecule has 1 heterocycles. The second-order valence-electron chi connectivity index (χ2n) is 5.75. The Hall–Kier alpha value is -0.770. The molecule has 1 aliphatic rings. The van der Waals surface area contributed by atoms with E-state index >= 15 is 0 Å². The zero-order valence-electron chi connectivity index (χ0n) is 12.3. The summed E-state index contributed by atoms with van der Waals surface area (Å²) in [6.07, 6.45) is 3.23. The molecule has 1 aliphatic heterocycles. The maximum atomic E-state index is 12.0. The van der Waals surface area contributed by atoms with Gasteiger partial charge in [0.15, 0.2) is 0 Å². The van der Waals surface area contributed by atoms with Gasteiger partial charge in [-0.2, -0.15) is 0 Å². The van der Waals surface area contributed by atoms with E-state index in [1.165, 1.54) is 0 Å². The van der Waals surface area contributed by atoms with Crippen molar-refractivity contribution < 1.29 is 4.79 Å². The molecule has 2 N–H and O–H groups in total. The number of benzene rings is 1. The first-order valence-corrected chi connectivity index (χ1v) is 8.26. The van der Waals surface area contributed by atoms with Gasteiger partial charge in [0.25, 0.3) is 0 Å². The number of halogens is 2. The fraction of sp³-hybridized carbons (Fsp3) is 0.562. The maximum absolute atomic E-state index is 12.0. The topological polar surface area (TPSA) is 41.1 Å². The fourth-order valence-electron chi connectivity index (χ4n) is 2.66. The summed E-state index contributed by atoms with van der Waals surface area (Å²) in [4.78, 5) is 12.0. The van der Waals surface area contributed by atoms with Gasteiger partial charge in [0.1, 0.15) is 0 Å². The van der Waals surface area contributed by atoms with E-state index in [2.05, 4.69) is 17.6 Å². The van der Waals surface area contributed by atoms with E-state index in [-0.39, 0.29) is 5.91 Å². The first-order valence-electron chi connectivity index (χ1n) is 7.50. The predicted octanol–water partition coefficient (Wildman–Crippen LogP) is 3.43. The summed E-state index contributed by atoms with van der Waals surface area (Å²) >= 11 is 11.9. The Kier molecular flexibility index (Phi) is 6.34. The van der Waals surface area contributed by atoms with Crippen LogP contribution in [0.25, 0.3) is 0 Å². The van der Waals surface area contributed by atoms with Gasteiger partial charge in [0.2, 0.25) is 5.91 Å². The smallest absolute Gasteiger partial charge is 0.220 e. The van der Waals surface area contributed by atoms with Crippen LogP contribution in [0.15, 0.2) is 18.2 Å². The minimum absolute atomic E-state index is 0.147. The van der Waals surface area contributed by atoms with Gasteiger partial charge >= 0.3 is 0 Å². The van der Waals surface area contributed by atoms with Gasteiger partial charge in [-0.1, -0.05) is 36.2 Å². The van der Waals surface area contributed by atoms with E-state index in [9.17, 15) is 4.79 Å². The van der Waals surface area contributed by atoms with Gasteiger partial charge in [0.05, 0.1) is 10.0 Å². The standard InChI is InChI=1S/C16H22Cl2N2O/c1-11-10-19-8-7-15(11)20-16(21)4-2-3-12-5-6-13(17)14(18)9-12/h5-6,9,11,15,19H,2-4,7-8,10H2,1H3,(H,20,21). The molecule has 1 aromatic rings. The third-order valence-electron chi connectivity index (χ3n) is 3.99. The number of piperidine rings is 1. The lowest BCUT2D eigenvalue weighted by molar-refractivity contribution is -0.122. The molecule has 1 aromatic carbocycles. The predicted molar refractivity (Wildman–Crippen MR) is 88.0 cm³/mol. The number of nitrogens with one attached hydrogen (secondary N) is 2. The van der Waals surface area contributed by atoms with Gasteiger partial charge in [0, 0.05) is 12.5 Å². The Balaban J connectivity index is 1.72. The highest BCUT2D eigenvalue weighted by Crippen LogP contribution is 2.23. The average Bonchev–Trinajstić information content (AvgIpc) is 2.45. The molecule has 116 valence electrons. The highest BCUT2D eigenvalue weighted by atomic mass is 35.5. The number of rotatable bonds is 5. The summed E-state index contributed by atoms with van der Waals surface area (Å²) in [5.41, 5.74) is 1.12. The van der Waals surface area contributed by atoms with Crippen molar-refractivity contribution in [2.45, 2.75) is 38.6 Å². The van der Waals surface area contributed by atoms with Crippen LogP contribution in [0, 0.1) is 5.92 Å². The second kappa shape index (κ2) is 8.02. The SMILES string of the molecule is CC1CNCCC1NC(=O)CCCc1ccc(Cl)c(Cl)c1. The van der Waals surface area contributed by atoms with Gasteiger partial charge < -0.3 is 10.6 Å². The largest absolute Gasteiger partial charge is 0.353 e. The fourth-order valence-corrected chi connectivity index (χ4v) is 2.98. The van der Waals surface area contributed by atoms with Gasteiger partial charge in [-0.15, -0.1) is 0 Å². The van der Waals surface area contributed by atoms with Crippen LogP contribution in [-0.4, -0.2) is 25.0 Å². The number of amides is 1. The van der Waals surface area contributed by atoms with Crippen molar-refractivity contribution in [3.8, 4) is 0 Å². The normalized spacial score (nSPS) is 22.0. The number of aryl methyl sites for hydroxylation is 1. The van der Waals surface area contributed by atoms with Crippen LogP contribution >= 0.6 is 23.2 Å². The maximum Gasteiger partial charge on any atom is 0.220 e. The van der Waals surface area contributed by atoms with Crippen LogP contribution in [-0.2, 0) is 11.2 Å². The summed E-state index contributed by atoms with van der Waals surface area (Å²) in [6, 6.07) is 5.94. The summed E-state index contributed by atoms with van der Waals surface area (Å²) in [5.74, 6) is 0.645. The van der Waals surface area contributed by atoms with Crippen molar-refractivity contribution in [1.82, 2.24) is 10.6 Å². The van der Waals surface area contributed by atoms with E-state index in [0.29, 0.717) is 28.4 Å². The highest BCUT2D eigenvalue weighted by molar-refractivity contribution is 6.42. The molecule has 0 spiro atoms. The van der Waals surface area contributed by atoms with Crippen LogP contribution in [0.5, 0.6) is 0 Å². The van der Waals surface area contributed by atoms with Crippen molar-refractivity contribution >= 4 is 29.1 Å². The Morgan fingerprint density at radius 2 is 2.19 bits per heavy atom. The van der Waals surface area contributed by atoms with Crippen LogP contribution in [0.3, 0.4) is 0 Å². The molecule has 0 bridgehead atoms. The van der Waals surface area contributed by atoms with Gasteiger partial charge in [-0.3, -0.25) is 4.79 Å². The second-order valence-corrected chi connectivity index (χ2v) is 6.56. The lowest BCUT2D eigenvalue weighted by Crippen LogP contribution is -2.48. The molecular weight excluding hydrogens is 307 g/mol. The Bertz CT molecular complexity index is 493. The molecule has 1 saturated heterocycles. The number of hydrogen-bond donors (Lipinski definition) is 2. The first-order chi connectivity index (χ1) is 10.1. The molecule has 2 rings (SSSR count).